The number of rotatable bonds is 5. The minimum Gasteiger partial charge on any atom is -0.395 e. The van der Waals surface area contributed by atoms with Crippen molar-refractivity contribution in [2.75, 3.05) is 26.2 Å². The molecule has 0 aliphatic carbocycles. The molecule has 2 saturated heterocycles. The monoisotopic (exact) mass is 291 g/mol. The summed E-state index contributed by atoms with van der Waals surface area (Å²) in [6, 6.07) is -0.334. The standard InChI is InChI=1S/C11H21N3O4S/c1-2-13-11-14-7-9(17)8(16)6(5-12-3-4-15)18-10(7)19-11/h6-10,12,15-17H,2-5H2,1H3,(H,13,14)/t6-,7-,8-,9-,10-/m1/s1. The largest absolute Gasteiger partial charge is 0.395 e. The van der Waals surface area contributed by atoms with E-state index in [9.17, 15) is 10.2 Å². The number of fused-ring (bicyclic) bond motifs is 1. The Morgan fingerprint density at radius 2 is 2.21 bits per heavy atom. The summed E-state index contributed by atoms with van der Waals surface area (Å²) in [5.74, 6) is 0. The SMILES string of the molecule is CCN=C1N[C@@H]2[C@@H](O)[C@H](O)[C@@H](CNCCO)O[C@@H]2S1. The lowest BCUT2D eigenvalue weighted by Gasteiger charge is -2.39. The highest BCUT2D eigenvalue weighted by Gasteiger charge is 2.48. The maximum Gasteiger partial charge on any atom is 0.159 e. The van der Waals surface area contributed by atoms with E-state index in [0.29, 0.717) is 19.6 Å². The molecule has 0 aromatic heterocycles. The van der Waals surface area contributed by atoms with Gasteiger partial charge in [0.2, 0.25) is 0 Å². The second-order valence-corrected chi connectivity index (χ2v) is 5.61. The molecule has 2 heterocycles. The summed E-state index contributed by atoms with van der Waals surface area (Å²) in [5, 5.41) is 35.7. The third-order valence-electron chi connectivity index (χ3n) is 3.15. The van der Waals surface area contributed by atoms with Crippen LogP contribution >= 0.6 is 11.8 Å². The molecule has 5 atom stereocenters. The van der Waals surface area contributed by atoms with Crippen LogP contribution in [0.3, 0.4) is 0 Å². The van der Waals surface area contributed by atoms with Crippen LogP contribution < -0.4 is 10.6 Å². The number of nitrogens with one attached hydrogen (secondary N) is 2. The van der Waals surface area contributed by atoms with Crippen molar-refractivity contribution in [1.29, 1.82) is 0 Å². The first-order valence-corrected chi connectivity index (χ1v) is 7.36. The quantitative estimate of drug-likeness (QED) is 0.377. The van der Waals surface area contributed by atoms with Crippen LogP contribution in [0.15, 0.2) is 4.99 Å². The molecular formula is C11H21N3O4S. The van der Waals surface area contributed by atoms with Crippen molar-refractivity contribution in [3.05, 3.63) is 0 Å². The molecule has 0 bridgehead atoms. The first-order chi connectivity index (χ1) is 9.17. The van der Waals surface area contributed by atoms with E-state index >= 15 is 0 Å². The van der Waals surface area contributed by atoms with E-state index in [1.807, 2.05) is 6.92 Å². The van der Waals surface area contributed by atoms with Crippen molar-refractivity contribution < 1.29 is 20.1 Å². The van der Waals surface area contributed by atoms with Crippen LogP contribution in [0.4, 0.5) is 0 Å². The van der Waals surface area contributed by atoms with Gasteiger partial charge in [0.1, 0.15) is 23.7 Å². The predicted octanol–water partition coefficient (Wildman–Crippen LogP) is -1.90. The molecule has 2 rings (SSSR count). The molecule has 0 spiro atoms. The molecule has 0 radical (unpaired) electrons. The predicted molar refractivity (Wildman–Crippen MR) is 73.1 cm³/mol. The Morgan fingerprint density at radius 1 is 1.42 bits per heavy atom. The summed E-state index contributed by atoms with van der Waals surface area (Å²) in [6.07, 6.45) is -2.34. The van der Waals surface area contributed by atoms with Gasteiger partial charge in [-0.3, -0.25) is 4.99 Å². The fraction of sp³-hybridized carbons (Fsp3) is 0.909. The minimum absolute atomic E-state index is 0.0288. The number of aliphatic imine (C=N–C) groups is 1. The molecule has 110 valence electrons. The van der Waals surface area contributed by atoms with E-state index in [1.54, 1.807) is 0 Å². The van der Waals surface area contributed by atoms with Gasteiger partial charge in [-0.05, 0) is 6.92 Å². The molecule has 0 saturated carbocycles. The van der Waals surface area contributed by atoms with E-state index in [4.69, 9.17) is 9.84 Å². The summed E-state index contributed by atoms with van der Waals surface area (Å²) in [6.45, 7) is 3.45. The van der Waals surface area contributed by atoms with Gasteiger partial charge in [-0.2, -0.15) is 0 Å². The maximum atomic E-state index is 10.1. The molecular weight excluding hydrogens is 270 g/mol. The molecule has 7 nitrogen and oxygen atoms in total. The van der Waals surface area contributed by atoms with Crippen LogP contribution in [0.25, 0.3) is 0 Å². The molecule has 19 heavy (non-hydrogen) atoms. The molecule has 2 fully saturated rings. The Balaban J connectivity index is 1.96. The van der Waals surface area contributed by atoms with Gasteiger partial charge in [-0.15, -0.1) is 0 Å². The van der Waals surface area contributed by atoms with Crippen molar-refractivity contribution in [2.24, 2.45) is 4.99 Å². The zero-order valence-corrected chi connectivity index (χ0v) is 11.6. The van der Waals surface area contributed by atoms with Crippen molar-refractivity contribution in [3.63, 3.8) is 0 Å². The average Bonchev–Trinajstić information content (AvgIpc) is 2.79. The number of ether oxygens (including phenoxy) is 1. The van der Waals surface area contributed by atoms with Crippen molar-refractivity contribution >= 4 is 16.9 Å². The highest BCUT2D eigenvalue weighted by Crippen LogP contribution is 2.33. The van der Waals surface area contributed by atoms with Gasteiger partial charge in [0.05, 0.1) is 12.6 Å². The topological polar surface area (TPSA) is 106 Å². The minimum atomic E-state index is -0.957. The maximum absolute atomic E-state index is 10.1. The molecule has 2 aliphatic rings. The number of amidine groups is 1. The summed E-state index contributed by atoms with van der Waals surface area (Å²) in [5.41, 5.74) is -0.246. The highest BCUT2D eigenvalue weighted by molar-refractivity contribution is 8.14. The van der Waals surface area contributed by atoms with Crippen LogP contribution in [0.2, 0.25) is 0 Å². The Kier molecular flexibility index (Phi) is 5.43. The van der Waals surface area contributed by atoms with Gasteiger partial charge in [-0.25, -0.2) is 0 Å². The van der Waals surface area contributed by atoms with E-state index in [-0.39, 0.29) is 18.1 Å². The van der Waals surface area contributed by atoms with Crippen LogP contribution in [-0.4, -0.2) is 76.5 Å². The summed E-state index contributed by atoms with van der Waals surface area (Å²) < 4.78 is 5.78. The number of nitrogens with zero attached hydrogens (tertiary/aromatic N) is 1. The lowest BCUT2D eigenvalue weighted by Crippen LogP contribution is -2.60. The van der Waals surface area contributed by atoms with Gasteiger partial charge < -0.3 is 30.7 Å². The molecule has 2 aliphatic heterocycles. The van der Waals surface area contributed by atoms with E-state index in [2.05, 4.69) is 15.6 Å². The Bertz CT molecular complexity index is 331. The number of aliphatic hydroxyl groups excluding tert-OH is 3. The number of hydrogen-bond acceptors (Lipinski definition) is 7. The lowest BCUT2D eigenvalue weighted by atomic mass is 9.98. The van der Waals surface area contributed by atoms with Gasteiger partial charge in [0, 0.05) is 19.6 Å². The van der Waals surface area contributed by atoms with E-state index < -0.39 is 18.3 Å². The summed E-state index contributed by atoms with van der Waals surface area (Å²) in [4.78, 5) is 4.25. The normalized spacial score (nSPS) is 40.2. The zero-order chi connectivity index (χ0) is 13.8. The van der Waals surface area contributed by atoms with Gasteiger partial charge in [0.15, 0.2) is 5.17 Å². The average molecular weight is 291 g/mol. The van der Waals surface area contributed by atoms with Gasteiger partial charge in [0.25, 0.3) is 0 Å². The number of thioether (sulfide) groups is 1. The first-order valence-electron chi connectivity index (χ1n) is 6.48. The van der Waals surface area contributed by atoms with Crippen LogP contribution in [0, 0.1) is 0 Å². The van der Waals surface area contributed by atoms with Crippen molar-refractivity contribution in [3.8, 4) is 0 Å². The van der Waals surface area contributed by atoms with Crippen molar-refractivity contribution in [1.82, 2.24) is 10.6 Å². The Labute approximate surface area is 116 Å². The molecule has 5 N–H and O–H groups in total. The molecule has 8 heteroatoms. The van der Waals surface area contributed by atoms with Crippen molar-refractivity contribution in [2.45, 2.75) is 36.7 Å². The van der Waals surface area contributed by atoms with Crippen LogP contribution in [0.1, 0.15) is 6.92 Å². The van der Waals surface area contributed by atoms with E-state index in [0.717, 1.165) is 5.17 Å². The lowest BCUT2D eigenvalue weighted by molar-refractivity contribution is -0.154. The highest BCUT2D eigenvalue weighted by atomic mass is 32.2. The van der Waals surface area contributed by atoms with Gasteiger partial charge in [-0.1, -0.05) is 11.8 Å². The van der Waals surface area contributed by atoms with E-state index in [1.165, 1.54) is 11.8 Å². The zero-order valence-electron chi connectivity index (χ0n) is 10.8. The number of hydrogen-bond donors (Lipinski definition) is 5. The summed E-state index contributed by atoms with van der Waals surface area (Å²) >= 11 is 1.44. The van der Waals surface area contributed by atoms with Crippen LogP contribution in [0.5, 0.6) is 0 Å². The second kappa shape index (κ2) is 6.87. The molecule has 0 aromatic rings. The molecule has 0 unspecified atom stereocenters. The third-order valence-corrected chi connectivity index (χ3v) is 4.26. The Hall–Kier alpha value is -0.380. The first kappa shape index (κ1) is 15.0. The Morgan fingerprint density at radius 3 is 2.89 bits per heavy atom. The molecule has 0 amide bonds. The second-order valence-electron chi connectivity index (χ2n) is 4.52. The van der Waals surface area contributed by atoms with Gasteiger partial charge >= 0.3 is 0 Å². The number of aliphatic hydroxyl groups is 3. The fourth-order valence-electron chi connectivity index (χ4n) is 2.19. The molecule has 0 aromatic carbocycles. The van der Waals surface area contributed by atoms with Crippen LogP contribution in [-0.2, 0) is 4.74 Å². The smallest absolute Gasteiger partial charge is 0.159 e. The fourth-order valence-corrected chi connectivity index (χ4v) is 3.39. The summed E-state index contributed by atoms with van der Waals surface area (Å²) in [7, 11) is 0. The third kappa shape index (κ3) is 3.39.